The third-order valence-corrected chi connectivity index (χ3v) is 4.72. The van der Waals surface area contributed by atoms with Crippen LogP contribution in [-0.2, 0) is 4.79 Å². The molecule has 1 heterocycles. The van der Waals surface area contributed by atoms with Gasteiger partial charge < -0.3 is 10.2 Å². The fourth-order valence-electron chi connectivity index (χ4n) is 3.07. The van der Waals surface area contributed by atoms with Crippen LogP contribution in [0.1, 0.15) is 41.6 Å². The third-order valence-electron chi connectivity index (χ3n) is 4.72. The predicted molar refractivity (Wildman–Crippen MR) is 87.6 cm³/mol. The van der Waals surface area contributed by atoms with Gasteiger partial charge in [0.1, 0.15) is 0 Å². The van der Waals surface area contributed by atoms with Crippen molar-refractivity contribution >= 4 is 17.5 Å². The first-order valence-corrected chi connectivity index (χ1v) is 8.30. The van der Waals surface area contributed by atoms with Gasteiger partial charge in [-0.1, -0.05) is 0 Å². The zero-order valence-electron chi connectivity index (χ0n) is 13.7. The minimum absolute atomic E-state index is 0.0213. The number of piperidine rings is 1. The maximum Gasteiger partial charge on any atom is 0.272 e. The van der Waals surface area contributed by atoms with Crippen molar-refractivity contribution in [1.29, 1.82) is 0 Å². The molecule has 1 saturated heterocycles. The molecule has 1 aromatic carbocycles. The molecule has 2 fully saturated rings. The lowest BCUT2D eigenvalue weighted by Crippen LogP contribution is -2.46. The highest BCUT2D eigenvalue weighted by Crippen LogP contribution is 2.29. The zero-order chi connectivity index (χ0) is 17.3. The quantitative estimate of drug-likeness (QED) is 0.675. The van der Waals surface area contributed by atoms with Gasteiger partial charge >= 0.3 is 0 Å². The average Bonchev–Trinajstić information content (AvgIpc) is 3.39. The molecule has 0 unspecified atom stereocenters. The first-order valence-electron chi connectivity index (χ1n) is 8.30. The Morgan fingerprint density at radius 1 is 1.21 bits per heavy atom. The van der Waals surface area contributed by atoms with Gasteiger partial charge in [-0.05, 0) is 44.7 Å². The molecular formula is C17H21N3O4. The fourth-order valence-corrected chi connectivity index (χ4v) is 3.07. The molecule has 1 aliphatic heterocycles. The van der Waals surface area contributed by atoms with E-state index in [1.807, 2.05) is 0 Å². The van der Waals surface area contributed by atoms with E-state index in [1.165, 1.54) is 12.1 Å². The lowest BCUT2D eigenvalue weighted by molar-refractivity contribution is -0.385. The first kappa shape index (κ1) is 16.4. The number of nitrogens with zero attached hydrogens (tertiary/aromatic N) is 2. The van der Waals surface area contributed by atoms with Crippen molar-refractivity contribution < 1.29 is 14.5 Å². The predicted octanol–water partition coefficient (Wildman–Crippen LogP) is 2.03. The number of rotatable bonds is 4. The fraction of sp³-hybridized carbons (Fsp3) is 0.529. The average molecular weight is 331 g/mol. The molecule has 0 aromatic heterocycles. The van der Waals surface area contributed by atoms with Crippen molar-refractivity contribution in [2.24, 2.45) is 5.92 Å². The Hall–Kier alpha value is -2.44. The summed E-state index contributed by atoms with van der Waals surface area (Å²) in [5.41, 5.74) is 0.976. The Bertz CT molecular complexity index is 676. The van der Waals surface area contributed by atoms with E-state index in [9.17, 15) is 19.7 Å². The number of aryl methyl sites for hydroxylation is 1. The van der Waals surface area contributed by atoms with Crippen LogP contribution in [0.5, 0.6) is 0 Å². The van der Waals surface area contributed by atoms with Crippen LogP contribution in [0.15, 0.2) is 18.2 Å². The summed E-state index contributed by atoms with van der Waals surface area (Å²) in [4.78, 5) is 36.5. The second-order valence-electron chi connectivity index (χ2n) is 6.61. The molecule has 128 valence electrons. The molecule has 1 saturated carbocycles. The van der Waals surface area contributed by atoms with Crippen molar-refractivity contribution in [3.63, 3.8) is 0 Å². The van der Waals surface area contributed by atoms with Crippen LogP contribution < -0.4 is 5.32 Å². The summed E-state index contributed by atoms with van der Waals surface area (Å²) >= 11 is 0. The van der Waals surface area contributed by atoms with Crippen LogP contribution in [0.3, 0.4) is 0 Å². The highest BCUT2D eigenvalue weighted by Gasteiger charge is 2.32. The summed E-state index contributed by atoms with van der Waals surface area (Å²) in [7, 11) is 0. The summed E-state index contributed by atoms with van der Waals surface area (Å²) < 4.78 is 0. The van der Waals surface area contributed by atoms with Crippen molar-refractivity contribution in [2.75, 3.05) is 13.1 Å². The second-order valence-corrected chi connectivity index (χ2v) is 6.61. The molecule has 3 rings (SSSR count). The first-order chi connectivity index (χ1) is 11.5. The van der Waals surface area contributed by atoms with Crippen molar-refractivity contribution in [3.8, 4) is 0 Å². The standard InChI is InChI=1S/C17H21N3O4/c1-11-10-13(4-5-15(11)20(23)24)17(22)19-8-6-14(7-9-19)18-16(21)12-2-3-12/h4-5,10,12,14H,2-3,6-9H2,1H3,(H,18,21). The van der Waals surface area contributed by atoms with Crippen LogP contribution >= 0.6 is 0 Å². The number of carbonyl (C=O) groups is 2. The Kier molecular flexibility index (Phi) is 4.51. The number of nitro groups is 1. The molecule has 0 atom stereocenters. The highest BCUT2D eigenvalue weighted by atomic mass is 16.6. The Morgan fingerprint density at radius 3 is 2.42 bits per heavy atom. The molecular weight excluding hydrogens is 310 g/mol. The van der Waals surface area contributed by atoms with Crippen LogP contribution in [0.4, 0.5) is 5.69 Å². The number of likely N-dealkylation sites (tertiary alicyclic amines) is 1. The van der Waals surface area contributed by atoms with Crippen molar-refractivity contribution in [1.82, 2.24) is 10.2 Å². The minimum Gasteiger partial charge on any atom is -0.353 e. The monoisotopic (exact) mass is 331 g/mol. The van der Waals surface area contributed by atoms with Gasteiger partial charge in [0, 0.05) is 42.2 Å². The van der Waals surface area contributed by atoms with Crippen LogP contribution in [-0.4, -0.2) is 40.8 Å². The molecule has 24 heavy (non-hydrogen) atoms. The molecule has 1 N–H and O–H groups in total. The summed E-state index contributed by atoms with van der Waals surface area (Å²) in [6.45, 7) is 2.81. The van der Waals surface area contributed by atoms with Crippen molar-refractivity contribution in [3.05, 3.63) is 39.4 Å². The van der Waals surface area contributed by atoms with Gasteiger partial charge in [0.15, 0.2) is 0 Å². The van der Waals surface area contributed by atoms with E-state index in [1.54, 1.807) is 17.9 Å². The van der Waals surface area contributed by atoms with Gasteiger partial charge in [-0.25, -0.2) is 0 Å². The third kappa shape index (κ3) is 3.55. The van der Waals surface area contributed by atoms with E-state index >= 15 is 0 Å². The van der Waals surface area contributed by atoms with Gasteiger partial charge in [0.25, 0.3) is 11.6 Å². The largest absolute Gasteiger partial charge is 0.353 e. The van der Waals surface area contributed by atoms with Crippen LogP contribution in [0.2, 0.25) is 0 Å². The number of hydrogen-bond acceptors (Lipinski definition) is 4. The minimum atomic E-state index is -0.447. The van der Waals surface area contributed by atoms with Gasteiger partial charge in [0.2, 0.25) is 5.91 Å². The molecule has 7 nitrogen and oxygen atoms in total. The van der Waals surface area contributed by atoms with E-state index < -0.39 is 4.92 Å². The van der Waals surface area contributed by atoms with E-state index in [4.69, 9.17) is 0 Å². The van der Waals surface area contributed by atoms with Crippen LogP contribution in [0.25, 0.3) is 0 Å². The highest BCUT2D eigenvalue weighted by molar-refractivity contribution is 5.94. The van der Waals surface area contributed by atoms with E-state index in [2.05, 4.69) is 5.32 Å². The van der Waals surface area contributed by atoms with Gasteiger partial charge in [-0.2, -0.15) is 0 Å². The molecule has 2 aliphatic rings. The Morgan fingerprint density at radius 2 is 1.88 bits per heavy atom. The lowest BCUT2D eigenvalue weighted by atomic mass is 10.0. The van der Waals surface area contributed by atoms with E-state index in [-0.39, 0.29) is 29.5 Å². The molecule has 1 aromatic rings. The summed E-state index contributed by atoms with van der Waals surface area (Å²) in [6, 6.07) is 4.60. The number of carbonyl (C=O) groups excluding carboxylic acids is 2. The smallest absolute Gasteiger partial charge is 0.272 e. The van der Waals surface area contributed by atoms with Gasteiger partial charge in [-0.15, -0.1) is 0 Å². The molecule has 0 radical (unpaired) electrons. The lowest BCUT2D eigenvalue weighted by Gasteiger charge is -2.32. The topological polar surface area (TPSA) is 92.6 Å². The zero-order valence-corrected chi connectivity index (χ0v) is 13.7. The number of hydrogen-bond donors (Lipinski definition) is 1. The number of nitrogens with one attached hydrogen (secondary N) is 1. The number of amides is 2. The number of nitro benzene ring substituents is 1. The van der Waals surface area contributed by atoms with Gasteiger partial charge in [0.05, 0.1) is 4.92 Å². The Balaban J connectivity index is 1.57. The van der Waals surface area contributed by atoms with E-state index in [0.717, 1.165) is 25.7 Å². The molecule has 7 heteroatoms. The molecule has 1 aliphatic carbocycles. The SMILES string of the molecule is Cc1cc(C(=O)N2CCC(NC(=O)C3CC3)CC2)ccc1[N+](=O)[O-]. The summed E-state index contributed by atoms with van der Waals surface area (Å²) in [6.07, 6.45) is 3.47. The number of benzene rings is 1. The van der Waals surface area contributed by atoms with Gasteiger partial charge in [-0.3, -0.25) is 19.7 Å². The maximum atomic E-state index is 12.5. The Labute approximate surface area is 140 Å². The molecule has 0 bridgehead atoms. The normalized spacial score (nSPS) is 18.3. The van der Waals surface area contributed by atoms with E-state index in [0.29, 0.717) is 24.2 Å². The van der Waals surface area contributed by atoms with Crippen LogP contribution in [0, 0.1) is 23.0 Å². The molecule has 2 amide bonds. The second kappa shape index (κ2) is 6.59. The summed E-state index contributed by atoms with van der Waals surface area (Å²) in [5.74, 6) is 0.235. The van der Waals surface area contributed by atoms with Crippen molar-refractivity contribution in [2.45, 2.75) is 38.6 Å². The molecule has 0 spiro atoms. The summed E-state index contributed by atoms with van der Waals surface area (Å²) in [5, 5.41) is 13.9. The maximum absolute atomic E-state index is 12.5.